The minimum atomic E-state index is -0.294. The first-order chi connectivity index (χ1) is 7.83. The van der Waals surface area contributed by atoms with Crippen molar-refractivity contribution in [1.29, 1.82) is 0 Å². The molecule has 0 bridgehead atoms. The molecule has 0 fully saturated rings. The van der Waals surface area contributed by atoms with Gasteiger partial charge in [-0.3, -0.25) is 0 Å². The highest BCUT2D eigenvalue weighted by Crippen LogP contribution is 2.08. The Morgan fingerprint density at radius 2 is 1.88 bits per heavy atom. The summed E-state index contributed by atoms with van der Waals surface area (Å²) in [6.07, 6.45) is 9.33. The zero-order chi connectivity index (χ0) is 11.6. The van der Waals surface area contributed by atoms with Gasteiger partial charge in [-0.25, -0.2) is 0 Å². The second kappa shape index (κ2) is 8.12. The highest BCUT2D eigenvalue weighted by Gasteiger charge is 1.98. The summed E-state index contributed by atoms with van der Waals surface area (Å²) >= 11 is 0. The minimum absolute atomic E-state index is 0.294. The van der Waals surface area contributed by atoms with E-state index in [0.29, 0.717) is 0 Å². The molecule has 0 radical (unpaired) electrons. The maximum Gasteiger partial charge on any atom is 0.0724 e. The van der Waals surface area contributed by atoms with E-state index >= 15 is 0 Å². The molecule has 1 rings (SSSR count). The Kier molecular flexibility index (Phi) is 6.59. The summed E-state index contributed by atoms with van der Waals surface area (Å²) in [5, 5.41) is 9.72. The summed E-state index contributed by atoms with van der Waals surface area (Å²) in [5.41, 5.74) is 1.15. The Labute approximate surface area is 98.8 Å². The van der Waals surface area contributed by atoms with E-state index in [2.05, 4.69) is 6.92 Å². The first kappa shape index (κ1) is 13.0. The number of rotatable bonds is 7. The molecule has 1 nitrogen and oxygen atoms in total. The number of benzene rings is 1. The van der Waals surface area contributed by atoms with Crippen LogP contribution in [0.25, 0.3) is 6.08 Å². The van der Waals surface area contributed by atoms with Crippen molar-refractivity contribution in [2.24, 2.45) is 0 Å². The van der Waals surface area contributed by atoms with Crippen LogP contribution in [0.4, 0.5) is 0 Å². The fraction of sp³-hybridized carbons (Fsp3) is 0.467. The molecule has 16 heavy (non-hydrogen) atoms. The SMILES string of the molecule is CCCCCC[C@@H](O)/C=C/c1ccccc1. The van der Waals surface area contributed by atoms with Crippen molar-refractivity contribution in [3.8, 4) is 0 Å². The third kappa shape index (κ3) is 5.72. The average molecular weight is 218 g/mol. The molecule has 0 unspecified atom stereocenters. The van der Waals surface area contributed by atoms with Gasteiger partial charge in [-0.1, -0.05) is 75.1 Å². The van der Waals surface area contributed by atoms with Gasteiger partial charge in [-0.15, -0.1) is 0 Å². The molecule has 0 heterocycles. The molecule has 0 amide bonds. The first-order valence-electron chi connectivity index (χ1n) is 6.24. The molecule has 1 N–H and O–H groups in total. The monoisotopic (exact) mass is 218 g/mol. The molecule has 0 aliphatic carbocycles. The molecule has 0 aliphatic rings. The zero-order valence-corrected chi connectivity index (χ0v) is 10.1. The highest BCUT2D eigenvalue weighted by molar-refractivity contribution is 5.49. The zero-order valence-electron chi connectivity index (χ0n) is 10.1. The largest absolute Gasteiger partial charge is 0.389 e. The molecule has 88 valence electrons. The van der Waals surface area contributed by atoms with Gasteiger partial charge < -0.3 is 5.11 Å². The van der Waals surface area contributed by atoms with Crippen molar-refractivity contribution in [1.82, 2.24) is 0 Å². The Balaban J connectivity index is 2.23. The van der Waals surface area contributed by atoms with E-state index in [1.165, 1.54) is 19.3 Å². The number of unbranched alkanes of at least 4 members (excludes halogenated alkanes) is 3. The summed E-state index contributed by atoms with van der Waals surface area (Å²) in [4.78, 5) is 0. The molecule has 1 aromatic rings. The Morgan fingerprint density at radius 1 is 1.12 bits per heavy atom. The van der Waals surface area contributed by atoms with Crippen molar-refractivity contribution in [2.45, 2.75) is 45.1 Å². The van der Waals surface area contributed by atoms with Crippen LogP contribution in [0.1, 0.15) is 44.6 Å². The predicted octanol–water partition coefficient (Wildman–Crippen LogP) is 4.03. The molecular weight excluding hydrogens is 196 g/mol. The molecule has 1 aromatic carbocycles. The number of aliphatic hydroxyl groups is 1. The van der Waals surface area contributed by atoms with Crippen LogP contribution in [0.2, 0.25) is 0 Å². The van der Waals surface area contributed by atoms with Crippen LogP contribution >= 0.6 is 0 Å². The third-order valence-electron chi connectivity index (χ3n) is 2.66. The van der Waals surface area contributed by atoms with Crippen molar-refractivity contribution in [2.75, 3.05) is 0 Å². The second-order valence-corrected chi connectivity index (χ2v) is 4.19. The summed E-state index contributed by atoms with van der Waals surface area (Å²) in [6.45, 7) is 2.20. The summed E-state index contributed by atoms with van der Waals surface area (Å²) < 4.78 is 0. The summed E-state index contributed by atoms with van der Waals surface area (Å²) in [5.74, 6) is 0. The molecule has 1 atom stereocenters. The van der Waals surface area contributed by atoms with Crippen LogP contribution in [0.15, 0.2) is 36.4 Å². The Hall–Kier alpha value is -1.08. The lowest BCUT2D eigenvalue weighted by molar-refractivity contribution is 0.209. The lowest BCUT2D eigenvalue weighted by atomic mass is 10.1. The van der Waals surface area contributed by atoms with Gasteiger partial charge in [0, 0.05) is 0 Å². The number of aliphatic hydroxyl groups excluding tert-OH is 1. The number of hydrogen-bond donors (Lipinski definition) is 1. The van der Waals surface area contributed by atoms with Crippen LogP contribution in [0, 0.1) is 0 Å². The van der Waals surface area contributed by atoms with Crippen molar-refractivity contribution in [3.63, 3.8) is 0 Å². The standard InChI is InChI=1S/C15H22O/c1-2-3-4-8-11-15(16)13-12-14-9-6-5-7-10-14/h5-7,9-10,12-13,15-16H,2-4,8,11H2,1H3/b13-12+/t15-/m1/s1. The lowest BCUT2D eigenvalue weighted by Gasteiger charge is -2.04. The molecule has 0 saturated heterocycles. The smallest absolute Gasteiger partial charge is 0.0724 e. The van der Waals surface area contributed by atoms with Crippen LogP contribution in [0.5, 0.6) is 0 Å². The van der Waals surface area contributed by atoms with Crippen LogP contribution in [-0.2, 0) is 0 Å². The molecule has 0 spiro atoms. The van der Waals surface area contributed by atoms with E-state index in [1.54, 1.807) is 0 Å². The van der Waals surface area contributed by atoms with E-state index < -0.39 is 0 Å². The van der Waals surface area contributed by atoms with Gasteiger partial charge in [-0.05, 0) is 12.0 Å². The minimum Gasteiger partial charge on any atom is -0.389 e. The fourth-order valence-corrected chi connectivity index (χ4v) is 1.66. The summed E-state index contributed by atoms with van der Waals surface area (Å²) in [7, 11) is 0. The van der Waals surface area contributed by atoms with E-state index in [-0.39, 0.29) is 6.10 Å². The highest BCUT2D eigenvalue weighted by atomic mass is 16.3. The summed E-state index contributed by atoms with van der Waals surface area (Å²) in [6, 6.07) is 10.1. The molecule has 0 aliphatic heterocycles. The topological polar surface area (TPSA) is 20.2 Å². The van der Waals surface area contributed by atoms with Crippen molar-refractivity contribution in [3.05, 3.63) is 42.0 Å². The first-order valence-corrected chi connectivity index (χ1v) is 6.24. The van der Waals surface area contributed by atoms with Crippen molar-refractivity contribution < 1.29 is 5.11 Å². The third-order valence-corrected chi connectivity index (χ3v) is 2.66. The predicted molar refractivity (Wildman–Crippen MR) is 70.2 cm³/mol. The van der Waals surface area contributed by atoms with E-state index in [1.807, 2.05) is 42.5 Å². The van der Waals surface area contributed by atoms with Crippen molar-refractivity contribution >= 4 is 6.08 Å². The quantitative estimate of drug-likeness (QED) is 0.685. The van der Waals surface area contributed by atoms with Crippen LogP contribution < -0.4 is 0 Å². The maximum absolute atomic E-state index is 9.72. The van der Waals surface area contributed by atoms with Gasteiger partial charge in [0.15, 0.2) is 0 Å². The lowest BCUT2D eigenvalue weighted by Crippen LogP contribution is -2.01. The van der Waals surface area contributed by atoms with E-state index in [4.69, 9.17) is 0 Å². The Morgan fingerprint density at radius 3 is 2.56 bits per heavy atom. The van der Waals surface area contributed by atoms with Gasteiger partial charge in [-0.2, -0.15) is 0 Å². The molecule has 0 aromatic heterocycles. The molecule has 0 saturated carbocycles. The van der Waals surface area contributed by atoms with E-state index in [9.17, 15) is 5.11 Å². The van der Waals surface area contributed by atoms with Gasteiger partial charge >= 0.3 is 0 Å². The normalized spacial score (nSPS) is 13.1. The van der Waals surface area contributed by atoms with Gasteiger partial charge in [0.1, 0.15) is 0 Å². The average Bonchev–Trinajstić information content (AvgIpc) is 2.33. The van der Waals surface area contributed by atoms with E-state index in [0.717, 1.165) is 18.4 Å². The fourth-order valence-electron chi connectivity index (χ4n) is 1.66. The van der Waals surface area contributed by atoms with Crippen LogP contribution in [0.3, 0.4) is 0 Å². The van der Waals surface area contributed by atoms with Gasteiger partial charge in [0.05, 0.1) is 6.10 Å². The molecule has 1 heteroatoms. The van der Waals surface area contributed by atoms with Crippen LogP contribution in [-0.4, -0.2) is 11.2 Å². The Bertz CT molecular complexity index is 290. The van der Waals surface area contributed by atoms with Gasteiger partial charge in [0.25, 0.3) is 0 Å². The van der Waals surface area contributed by atoms with Gasteiger partial charge in [0.2, 0.25) is 0 Å². The molecular formula is C15H22O. The number of hydrogen-bond acceptors (Lipinski definition) is 1. The maximum atomic E-state index is 9.72. The second-order valence-electron chi connectivity index (χ2n) is 4.19.